The van der Waals surface area contributed by atoms with Crippen LogP contribution in [0.1, 0.15) is 40.3 Å². The van der Waals surface area contributed by atoms with Gasteiger partial charge in [-0.1, -0.05) is 18.2 Å². The van der Waals surface area contributed by atoms with Gasteiger partial charge in [0.2, 0.25) is 5.91 Å². The highest BCUT2D eigenvalue weighted by Crippen LogP contribution is 2.28. The van der Waals surface area contributed by atoms with Gasteiger partial charge in [-0.05, 0) is 68.1 Å². The number of carbonyl (C=O) groups is 2. The molecule has 0 radical (unpaired) electrons. The first-order valence-electron chi connectivity index (χ1n) is 13.1. The van der Waals surface area contributed by atoms with E-state index in [2.05, 4.69) is 0 Å². The van der Waals surface area contributed by atoms with E-state index in [0.29, 0.717) is 36.8 Å². The number of halogens is 1. The molecule has 1 aromatic heterocycles. The van der Waals surface area contributed by atoms with Gasteiger partial charge in [-0.15, -0.1) is 0 Å². The third kappa shape index (κ3) is 7.38. The third-order valence-corrected chi connectivity index (χ3v) is 6.78. The van der Waals surface area contributed by atoms with Gasteiger partial charge in [0.15, 0.2) is 11.5 Å². The van der Waals surface area contributed by atoms with E-state index in [1.807, 2.05) is 37.3 Å². The van der Waals surface area contributed by atoms with Crippen LogP contribution in [0.4, 0.5) is 4.39 Å². The lowest BCUT2D eigenvalue weighted by atomic mass is 10.1. The first-order chi connectivity index (χ1) is 18.9. The van der Waals surface area contributed by atoms with Crippen molar-refractivity contribution in [1.82, 2.24) is 9.80 Å². The van der Waals surface area contributed by atoms with Crippen molar-refractivity contribution in [2.24, 2.45) is 0 Å². The van der Waals surface area contributed by atoms with Gasteiger partial charge in [-0.3, -0.25) is 9.59 Å². The van der Waals surface area contributed by atoms with E-state index >= 15 is 0 Å². The van der Waals surface area contributed by atoms with Crippen LogP contribution in [0.5, 0.6) is 11.5 Å². The zero-order valence-corrected chi connectivity index (χ0v) is 22.7. The maximum atomic E-state index is 14.5. The Kier molecular flexibility index (Phi) is 9.59. The summed E-state index contributed by atoms with van der Waals surface area (Å²) in [5.41, 5.74) is 0.890. The lowest BCUT2D eigenvalue weighted by Crippen LogP contribution is -2.46. The van der Waals surface area contributed by atoms with Crippen LogP contribution in [0.2, 0.25) is 0 Å². The zero-order chi connectivity index (χ0) is 27.8. The van der Waals surface area contributed by atoms with E-state index in [0.717, 1.165) is 24.2 Å². The van der Waals surface area contributed by atoms with Crippen molar-refractivity contribution in [2.75, 3.05) is 40.5 Å². The Morgan fingerprint density at radius 2 is 1.82 bits per heavy atom. The van der Waals surface area contributed by atoms with Crippen LogP contribution in [0.25, 0.3) is 0 Å². The predicted molar refractivity (Wildman–Crippen MR) is 143 cm³/mol. The summed E-state index contributed by atoms with van der Waals surface area (Å²) in [6, 6.07) is 15.1. The number of hydrogen-bond donors (Lipinski definition) is 0. The van der Waals surface area contributed by atoms with Crippen LogP contribution in [-0.2, 0) is 22.5 Å². The maximum absolute atomic E-state index is 14.5. The summed E-state index contributed by atoms with van der Waals surface area (Å²) >= 11 is 0. The highest BCUT2D eigenvalue weighted by Gasteiger charge is 2.28. The van der Waals surface area contributed by atoms with Crippen molar-refractivity contribution in [2.45, 2.75) is 38.8 Å². The van der Waals surface area contributed by atoms with Gasteiger partial charge in [-0.2, -0.15) is 0 Å². The molecule has 2 aromatic carbocycles. The van der Waals surface area contributed by atoms with Crippen molar-refractivity contribution >= 4 is 11.8 Å². The fourth-order valence-electron chi connectivity index (χ4n) is 4.67. The number of carbonyl (C=O) groups excluding carboxylic acids is 2. The molecule has 2 amide bonds. The molecular weight excluding hydrogens is 503 g/mol. The van der Waals surface area contributed by atoms with E-state index < -0.39 is 11.7 Å². The minimum atomic E-state index is -0.622. The van der Waals surface area contributed by atoms with Crippen molar-refractivity contribution in [1.29, 1.82) is 0 Å². The van der Waals surface area contributed by atoms with Crippen LogP contribution in [0, 0.1) is 12.7 Å². The van der Waals surface area contributed by atoms with Crippen LogP contribution in [0.15, 0.2) is 59.0 Å². The Morgan fingerprint density at radius 3 is 2.49 bits per heavy atom. The summed E-state index contributed by atoms with van der Waals surface area (Å²) in [7, 11) is 3.15. The van der Waals surface area contributed by atoms with Gasteiger partial charge in [0, 0.05) is 19.7 Å². The summed E-state index contributed by atoms with van der Waals surface area (Å²) in [6.07, 6.45) is 2.01. The first kappa shape index (κ1) is 28.2. The molecule has 1 atom stereocenters. The number of nitrogens with zero attached hydrogens (tertiary/aromatic N) is 2. The maximum Gasteiger partial charge on any atom is 0.257 e. The number of ether oxygens (including phenoxy) is 3. The molecule has 208 valence electrons. The molecule has 3 aromatic rings. The van der Waals surface area contributed by atoms with Crippen LogP contribution in [-0.4, -0.2) is 68.2 Å². The number of amides is 2. The molecular formula is C30H35FN2O6. The Labute approximate surface area is 228 Å². The lowest BCUT2D eigenvalue weighted by molar-refractivity contribution is -0.133. The summed E-state index contributed by atoms with van der Waals surface area (Å²) in [5, 5.41) is 0. The number of rotatable bonds is 12. The van der Waals surface area contributed by atoms with Gasteiger partial charge in [-0.25, -0.2) is 4.39 Å². The monoisotopic (exact) mass is 538 g/mol. The number of benzene rings is 2. The molecule has 2 heterocycles. The topological polar surface area (TPSA) is 81.5 Å². The molecule has 8 nitrogen and oxygen atoms in total. The summed E-state index contributed by atoms with van der Waals surface area (Å²) in [6.45, 7) is 3.06. The molecule has 4 rings (SSSR count). The first-order valence-corrected chi connectivity index (χ1v) is 13.1. The Bertz CT molecular complexity index is 1270. The third-order valence-electron chi connectivity index (χ3n) is 6.78. The normalized spacial score (nSPS) is 14.7. The van der Waals surface area contributed by atoms with Crippen LogP contribution >= 0.6 is 0 Å². The Balaban J connectivity index is 1.54. The molecule has 0 saturated carbocycles. The van der Waals surface area contributed by atoms with Gasteiger partial charge in [0.25, 0.3) is 5.91 Å². The lowest BCUT2D eigenvalue weighted by Gasteiger charge is -2.29. The summed E-state index contributed by atoms with van der Waals surface area (Å²) in [4.78, 5) is 30.2. The van der Waals surface area contributed by atoms with E-state index in [4.69, 9.17) is 18.6 Å². The van der Waals surface area contributed by atoms with Crippen LogP contribution < -0.4 is 9.47 Å². The second-order valence-corrected chi connectivity index (χ2v) is 9.57. The highest BCUT2D eigenvalue weighted by atomic mass is 19.1. The fraction of sp³-hybridized carbons (Fsp3) is 0.400. The smallest absolute Gasteiger partial charge is 0.257 e. The second-order valence-electron chi connectivity index (χ2n) is 9.57. The molecule has 1 aliphatic rings. The average Bonchev–Trinajstić information content (AvgIpc) is 3.61. The Hall–Kier alpha value is -3.85. The number of furan rings is 1. The van der Waals surface area contributed by atoms with E-state index in [1.165, 1.54) is 23.1 Å². The minimum absolute atomic E-state index is 0.0677. The molecule has 9 heteroatoms. The standard InChI is InChI=1S/C30H35FN2O6/c1-21-10-12-24(39-21)19-32(15-14-22-11-13-27(36-2)28(17-22)37-3)29(34)20-33(18-23-7-6-16-38-23)30(35)25-8-4-5-9-26(25)31/h4-5,8-13,17,23H,6-7,14-16,18-20H2,1-3H3. The van der Waals surface area contributed by atoms with Crippen molar-refractivity contribution in [3.05, 3.63) is 83.1 Å². The second kappa shape index (κ2) is 13.3. The van der Waals surface area contributed by atoms with E-state index in [1.54, 1.807) is 25.2 Å². The molecule has 0 bridgehead atoms. The SMILES string of the molecule is COc1ccc(CCN(Cc2ccc(C)o2)C(=O)CN(CC2CCCO2)C(=O)c2ccccc2F)cc1OC. The van der Waals surface area contributed by atoms with E-state index in [-0.39, 0.29) is 37.2 Å². The van der Waals surface area contributed by atoms with Crippen molar-refractivity contribution in [3.8, 4) is 11.5 Å². The van der Waals surface area contributed by atoms with Gasteiger partial charge >= 0.3 is 0 Å². The number of aryl methyl sites for hydroxylation is 1. The molecule has 39 heavy (non-hydrogen) atoms. The molecule has 1 saturated heterocycles. The average molecular weight is 539 g/mol. The van der Waals surface area contributed by atoms with Gasteiger partial charge < -0.3 is 28.4 Å². The van der Waals surface area contributed by atoms with Gasteiger partial charge in [0.1, 0.15) is 23.9 Å². The predicted octanol–water partition coefficient (Wildman–Crippen LogP) is 4.64. The van der Waals surface area contributed by atoms with Gasteiger partial charge in [0.05, 0.1) is 32.4 Å². The molecule has 0 N–H and O–H groups in total. The summed E-state index contributed by atoms with van der Waals surface area (Å²) in [5.74, 6) is 1.18. The largest absolute Gasteiger partial charge is 0.493 e. The molecule has 1 unspecified atom stereocenters. The number of methoxy groups -OCH3 is 2. The quantitative estimate of drug-likeness (QED) is 0.334. The molecule has 1 aliphatic heterocycles. The zero-order valence-electron chi connectivity index (χ0n) is 22.7. The van der Waals surface area contributed by atoms with Crippen LogP contribution in [0.3, 0.4) is 0 Å². The minimum Gasteiger partial charge on any atom is -0.493 e. The fourth-order valence-corrected chi connectivity index (χ4v) is 4.67. The number of hydrogen-bond acceptors (Lipinski definition) is 6. The van der Waals surface area contributed by atoms with Crippen molar-refractivity contribution < 1.29 is 32.6 Å². The van der Waals surface area contributed by atoms with E-state index in [9.17, 15) is 14.0 Å². The highest BCUT2D eigenvalue weighted by molar-refractivity contribution is 5.96. The molecule has 1 fully saturated rings. The van der Waals surface area contributed by atoms with Crippen molar-refractivity contribution in [3.63, 3.8) is 0 Å². The Morgan fingerprint density at radius 1 is 1.03 bits per heavy atom. The summed E-state index contributed by atoms with van der Waals surface area (Å²) < 4.78 is 36.7. The molecule has 0 aliphatic carbocycles. The molecule has 0 spiro atoms.